The third-order valence-corrected chi connectivity index (χ3v) is 4.36. The summed E-state index contributed by atoms with van der Waals surface area (Å²) in [5.74, 6) is 0.655. The first-order valence-electron chi connectivity index (χ1n) is 8.76. The molecule has 0 atom stereocenters. The van der Waals surface area contributed by atoms with E-state index < -0.39 is 0 Å². The molecular formula is C21H20N2O3. The molecule has 26 heavy (non-hydrogen) atoms. The SMILES string of the molecule is CCCc1cc(=O)oc2cc(OCc3cn4cc(C)ccc4n3)ccc12. The number of aromatic nitrogens is 2. The lowest BCUT2D eigenvalue weighted by atomic mass is 10.1. The fourth-order valence-electron chi connectivity index (χ4n) is 3.16. The molecule has 5 nitrogen and oxygen atoms in total. The number of fused-ring (bicyclic) bond motifs is 2. The number of aryl methyl sites for hydroxylation is 2. The topological polar surface area (TPSA) is 56.7 Å². The number of benzene rings is 1. The first-order valence-corrected chi connectivity index (χ1v) is 8.76. The fraction of sp³-hybridized carbons (Fsp3) is 0.238. The van der Waals surface area contributed by atoms with E-state index in [1.807, 2.05) is 48.0 Å². The van der Waals surface area contributed by atoms with Crippen LogP contribution in [0.25, 0.3) is 16.6 Å². The maximum absolute atomic E-state index is 11.8. The van der Waals surface area contributed by atoms with Gasteiger partial charge in [-0.1, -0.05) is 19.4 Å². The van der Waals surface area contributed by atoms with Gasteiger partial charge in [0.1, 0.15) is 23.6 Å². The van der Waals surface area contributed by atoms with Crippen molar-refractivity contribution >= 4 is 16.6 Å². The molecule has 4 rings (SSSR count). The molecule has 0 bridgehead atoms. The molecule has 3 heterocycles. The van der Waals surface area contributed by atoms with Gasteiger partial charge in [-0.15, -0.1) is 0 Å². The first-order chi connectivity index (χ1) is 12.6. The third kappa shape index (κ3) is 3.20. The monoisotopic (exact) mass is 348 g/mol. The van der Waals surface area contributed by atoms with Gasteiger partial charge in [0, 0.05) is 29.9 Å². The van der Waals surface area contributed by atoms with Gasteiger partial charge in [-0.2, -0.15) is 0 Å². The van der Waals surface area contributed by atoms with E-state index in [-0.39, 0.29) is 5.63 Å². The van der Waals surface area contributed by atoms with E-state index in [4.69, 9.17) is 9.15 Å². The van der Waals surface area contributed by atoms with Crippen molar-refractivity contribution in [3.05, 3.63) is 76.0 Å². The van der Waals surface area contributed by atoms with Crippen LogP contribution in [0.5, 0.6) is 5.75 Å². The van der Waals surface area contributed by atoms with Gasteiger partial charge in [-0.3, -0.25) is 0 Å². The predicted octanol–water partition coefficient (Wildman–Crippen LogP) is 4.28. The highest BCUT2D eigenvalue weighted by atomic mass is 16.5. The van der Waals surface area contributed by atoms with Crippen LogP contribution in [0.4, 0.5) is 0 Å². The lowest BCUT2D eigenvalue weighted by Gasteiger charge is -2.07. The Hall–Kier alpha value is -3.08. The lowest BCUT2D eigenvalue weighted by molar-refractivity contribution is 0.302. The quantitative estimate of drug-likeness (QED) is 0.505. The Morgan fingerprint density at radius 2 is 2.04 bits per heavy atom. The van der Waals surface area contributed by atoms with Crippen LogP contribution in [-0.4, -0.2) is 9.38 Å². The van der Waals surface area contributed by atoms with Gasteiger partial charge < -0.3 is 13.6 Å². The Balaban J connectivity index is 1.59. The lowest BCUT2D eigenvalue weighted by Crippen LogP contribution is -2.01. The summed E-state index contributed by atoms with van der Waals surface area (Å²) in [6, 6.07) is 11.2. The van der Waals surface area contributed by atoms with Crippen LogP contribution in [0.2, 0.25) is 0 Å². The van der Waals surface area contributed by atoms with Gasteiger partial charge in [0.05, 0.1) is 5.69 Å². The van der Waals surface area contributed by atoms with Crippen molar-refractivity contribution in [1.82, 2.24) is 9.38 Å². The van der Waals surface area contributed by atoms with Crippen molar-refractivity contribution in [3.8, 4) is 5.75 Å². The zero-order chi connectivity index (χ0) is 18.1. The van der Waals surface area contributed by atoms with Gasteiger partial charge in [-0.05, 0) is 42.7 Å². The zero-order valence-corrected chi connectivity index (χ0v) is 14.9. The second kappa shape index (κ2) is 6.67. The number of rotatable bonds is 5. The van der Waals surface area contributed by atoms with E-state index in [2.05, 4.69) is 11.9 Å². The molecule has 132 valence electrons. The van der Waals surface area contributed by atoms with Crippen LogP contribution in [0.3, 0.4) is 0 Å². The predicted molar refractivity (Wildman–Crippen MR) is 101 cm³/mol. The van der Waals surface area contributed by atoms with Crippen molar-refractivity contribution in [3.63, 3.8) is 0 Å². The Kier molecular flexibility index (Phi) is 4.21. The van der Waals surface area contributed by atoms with Crippen molar-refractivity contribution in [1.29, 1.82) is 0 Å². The van der Waals surface area contributed by atoms with Gasteiger partial charge in [0.15, 0.2) is 0 Å². The molecular weight excluding hydrogens is 328 g/mol. The molecule has 3 aromatic heterocycles. The summed E-state index contributed by atoms with van der Waals surface area (Å²) < 4.78 is 13.2. The van der Waals surface area contributed by atoms with Crippen molar-refractivity contribution < 1.29 is 9.15 Å². The number of hydrogen-bond donors (Lipinski definition) is 0. The molecule has 0 saturated heterocycles. The number of imidazole rings is 1. The molecule has 0 saturated carbocycles. The number of nitrogens with zero attached hydrogens (tertiary/aromatic N) is 2. The van der Waals surface area contributed by atoms with Crippen LogP contribution >= 0.6 is 0 Å². The number of hydrogen-bond acceptors (Lipinski definition) is 4. The molecule has 0 spiro atoms. The van der Waals surface area contributed by atoms with E-state index in [1.165, 1.54) is 5.56 Å². The highest BCUT2D eigenvalue weighted by molar-refractivity contribution is 5.81. The smallest absolute Gasteiger partial charge is 0.336 e. The highest BCUT2D eigenvalue weighted by Gasteiger charge is 2.08. The maximum Gasteiger partial charge on any atom is 0.336 e. The fourth-order valence-corrected chi connectivity index (χ4v) is 3.16. The van der Waals surface area contributed by atoms with Crippen molar-refractivity contribution in [2.45, 2.75) is 33.3 Å². The summed E-state index contributed by atoms with van der Waals surface area (Å²) in [6.07, 6.45) is 5.82. The van der Waals surface area contributed by atoms with E-state index >= 15 is 0 Å². The van der Waals surface area contributed by atoms with E-state index in [9.17, 15) is 4.79 Å². The van der Waals surface area contributed by atoms with E-state index in [1.54, 1.807) is 12.1 Å². The standard InChI is InChI=1S/C21H20N2O3/c1-3-4-15-9-21(24)26-19-10-17(6-7-18(15)19)25-13-16-12-23-11-14(2)5-8-20(23)22-16/h5-12H,3-4,13H2,1-2H3. The number of pyridine rings is 1. The Morgan fingerprint density at radius 3 is 2.88 bits per heavy atom. The molecule has 0 aliphatic heterocycles. The summed E-state index contributed by atoms with van der Waals surface area (Å²) in [4.78, 5) is 16.3. The van der Waals surface area contributed by atoms with Gasteiger partial charge >= 0.3 is 5.63 Å². The second-order valence-corrected chi connectivity index (χ2v) is 6.49. The van der Waals surface area contributed by atoms with Gasteiger partial charge in [-0.25, -0.2) is 9.78 Å². The summed E-state index contributed by atoms with van der Waals surface area (Å²) in [6.45, 7) is 4.49. The van der Waals surface area contributed by atoms with Crippen LogP contribution in [0, 0.1) is 6.92 Å². The van der Waals surface area contributed by atoms with Crippen molar-refractivity contribution in [2.75, 3.05) is 0 Å². The molecule has 0 radical (unpaired) electrons. The molecule has 0 N–H and O–H groups in total. The molecule has 0 fully saturated rings. The van der Waals surface area contributed by atoms with E-state index in [0.717, 1.165) is 35.1 Å². The first kappa shape index (κ1) is 16.4. The summed E-state index contributed by atoms with van der Waals surface area (Å²) in [5, 5.41) is 0.960. The zero-order valence-electron chi connectivity index (χ0n) is 14.9. The molecule has 0 unspecified atom stereocenters. The van der Waals surface area contributed by atoms with Crippen LogP contribution in [-0.2, 0) is 13.0 Å². The van der Waals surface area contributed by atoms with Crippen LogP contribution in [0.15, 0.2) is 58.0 Å². The second-order valence-electron chi connectivity index (χ2n) is 6.49. The molecule has 1 aromatic carbocycles. The van der Waals surface area contributed by atoms with Crippen LogP contribution < -0.4 is 10.4 Å². The van der Waals surface area contributed by atoms with Crippen molar-refractivity contribution in [2.24, 2.45) is 0 Å². The molecule has 0 amide bonds. The molecule has 0 aliphatic rings. The Morgan fingerprint density at radius 1 is 1.15 bits per heavy atom. The largest absolute Gasteiger partial charge is 0.487 e. The third-order valence-electron chi connectivity index (χ3n) is 4.36. The Labute approximate surface area is 150 Å². The molecule has 5 heteroatoms. The molecule has 4 aromatic rings. The average Bonchev–Trinajstić information content (AvgIpc) is 3.01. The Bertz CT molecular complexity index is 1140. The minimum absolute atomic E-state index is 0.325. The summed E-state index contributed by atoms with van der Waals surface area (Å²) >= 11 is 0. The maximum atomic E-state index is 11.8. The average molecular weight is 348 g/mol. The molecule has 0 aliphatic carbocycles. The van der Waals surface area contributed by atoms with Crippen LogP contribution in [0.1, 0.15) is 30.2 Å². The normalized spacial score (nSPS) is 11.3. The minimum Gasteiger partial charge on any atom is -0.487 e. The minimum atomic E-state index is -0.325. The van der Waals surface area contributed by atoms with Gasteiger partial charge in [0.2, 0.25) is 0 Å². The highest BCUT2D eigenvalue weighted by Crippen LogP contribution is 2.24. The number of ether oxygens (including phenoxy) is 1. The van der Waals surface area contributed by atoms with E-state index in [0.29, 0.717) is 17.9 Å². The van der Waals surface area contributed by atoms with Gasteiger partial charge in [0.25, 0.3) is 0 Å². The summed E-state index contributed by atoms with van der Waals surface area (Å²) in [7, 11) is 0. The summed E-state index contributed by atoms with van der Waals surface area (Å²) in [5.41, 5.74) is 4.16.